The summed E-state index contributed by atoms with van der Waals surface area (Å²) in [5.41, 5.74) is 9.41. The zero-order chi connectivity index (χ0) is 14.3. The van der Waals surface area contributed by atoms with Crippen molar-refractivity contribution in [1.82, 2.24) is 15.0 Å². The molecule has 5 nitrogen and oxygen atoms in total. The van der Waals surface area contributed by atoms with Crippen LogP contribution in [0.4, 0.5) is 5.82 Å². The first kappa shape index (κ1) is 13.0. The van der Waals surface area contributed by atoms with Crippen molar-refractivity contribution >= 4 is 5.82 Å². The van der Waals surface area contributed by atoms with E-state index < -0.39 is 0 Å². The molecular weight excluding hydrogens is 252 g/mol. The Hall–Kier alpha value is -2.04. The number of nitrogen functional groups attached to an aromatic ring is 1. The molecule has 1 aliphatic rings. The number of hydrogen-bond acceptors (Lipinski definition) is 4. The van der Waals surface area contributed by atoms with Gasteiger partial charge in [0.15, 0.2) is 5.82 Å². The van der Waals surface area contributed by atoms with Gasteiger partial charge in [-0.2, -0.15) is 0 Å². The van der Waals surface area contributed by atoms with E-state index in [1.165, 1.54) is 11.1 Å². The molecule has 1 atom stereocenters. The fourth-order valence-corrected chi connectivity index (χ4v) is 2.81. The van der Waals surface area contributed by atoms with E-state index in [1.807, 2.05) is 10.7 Å². The minimum Gasteiger partial charge on any atom is -0.488 e. The fourth-order valence-electron chi connectivity index (χ4n) is 2.81. The van der Waals surface area contributed by atoms with Crippen LogP contribution in [0.2, 0.25) is 0 Å². The second kappa shape index (κ2) is 4.81. The summed E-state index contributed by atoms with van der Waals surface area (Å²) in [7, 11) is 0. The second-order valence-corrected chi connectivity index (χ2v) is 5.75. The van der Waals surface area contributed by atoms with Gasteiger partial charge in [0, 0.05) is 6.42 Å². The summed E-state index contributed by atoms with van der Waals surface area (Å²) < 4.78 is 7.86. The van der Waals surface area contributed by atoms with Crippen molar-refractivity contribution < 1.29 is 4.74 Å². The van der Waals surface area contributed by atoms with Crippen LogP contribution in [0.25, 0.3) is 0 Å². The number of anilines is 1. The maximum Gasteiger partial charge on any atom is 0.169 e. The molecule has 3 rings (SSSR count). The van der Waals surface area contributed by atoms with Crippen molar-refractivity contribution in [2.75, 3.05) is 5.73 Å². The van der Waals surface area contributed by atoms with E-state index in [0.717, 1.165) is 17.9 Å². The van der Waals surface area contributed by atoms with Gasteiger partial charge in [-0.25, -0.2) is 4.68 Å². The van der Waals surface area contributed by atoms with Crippen molar-refractivity contribution in [2.24, 2.45) is 0 Å². The smallest absolute Gasteiger partial charge is 0.169 e. The van der Waals surface area contributed by atoms with Gasteiger partial charge in [0.1, 0.15) is 11.9 Å². The van der Waals surface area contributed by atoms with E-state index in [2.05, 4.69) is 43.2 Å². The van der Waals surface area contributed by atoms with Gasteiger partial charge in [0.25, 0.3) is 0 Å². The van der Waals surface area contributed by atoms with Gasteiger partial charge in [-0.1, -0.05) is 36.8 Å². The van der Waals surface area contributed by atoms with E-state index in [0.29, 0.717) is 18.3 Å². The van der Waals surface area contributed by atoms with Crippen molar-refractivity contribution in [3.63, 3.8) is 0 Å². The van der Waals surface area contributed by atoms with Gasteiger partial charge in [0.2, 0.25) is 0 Å². The lowest BCUT2D eigenvalue weighted by atomic mass is 10.1. The highest BCUT2D eigenvalue weighted by Gasteiger charge is 2.25. The van der Waals surface area contributed by atoms with Crippen molar-refractivity contribution in [3.8, 4) is 5.75 Å². The van der Waals surface area contributed by atoms with E-state index >= 15 is 0 Å². The second-order valence-electron chi connectivity index (χ2n) is 5.75. The molecule has 106 valence electrons. The van der Waals surface area contributed by atoms with Crippen molar-refractivity contribution in [3.05, 3.63) is 35.0 Å². The van der Waals surface area contributed by atoms with Crippen molar-refractivity contribution in [2.45, 2.75) is 45.8 Å². The number of rotatable bonds is 3. The van der Waals surface area contributed by atoms with Crippen LogP contribution >= 0.6 is 0 Å². The summed E-state index contributed by atoms with van der Waals surface area (Å²) in [5, 5.41) is 8.12. The molecule has 0 fully saturated rings. The summed E-state index contributed by atoms with van der Waals surface area (Å²) in [6.07, 6.45) is 1.01. The van der Waals surface area contributed by atoms with Gasteiger partial charge in [-0.05, 0) is 24.5 Å². The number of hydrogen-bond donors (Lipinski definition) is 1. The maximum atomic E-state index is 5.98. The predicted octanol–water partition coefficient (Wildman–Crippen LogP) is 2.30. The zero-order valence-electron chi connectivity index (χ0n) is 12.1. The van der Waals surface area contributed by atoms with Gasteiger partial charge < -0.3 is 10.5 Å². The standard InChI is InChI=1S/C15H20N4O/c1-9(2)14-15(16)17-18-19(14)8-12-7-11-6-10(3)4-5-13(11)20-12/h4-6,9,12H,7-8,16H2,1-3H3. The van der Waals surface area contributed by atoms with Crippen LogP contribution in [-0.2, 0) is 13.0 Å². The topological polar surface area (TPSA) is 66.0 Å². The molecule has 1 unspecified atom stereocenters. The summed E-state index contributed by atoms with van der Waals surface area (Å²) in [5.74, 6) is 1.81. The normalized spacial score (nSPS) is 17.3. The van der Waals surface area contributed by atoms with Crippen molar-refractivity contribution in [1.29, 1.82) is 0 Å². The Morgan fingerprint density at radius 1 is 1.45 bits per heavy atom. The number of nitrogens with zero attached hydrogens (tertiary/aromatic N) is 3. The third kappa shape index (κ3) is 2.24. The number of benzene rings is 1. The Morgan fingerprint density at radius 3 is 3.00 bits per heavy atom. The van der Waals surface area contributed by atoms with Crippen LogP contribution in [0.3, 0.4) is 0 Å². The highest BCUT2D eigenvalue weighted by atomic mass is 16.5. The summed E-state index contributed by atoms with van der Waals surface area (Å²) in [6.45, 7) is 6.98. The minimum atomic E-state index is 0.102. The predicted molar refractivity (Wildman–Crippen MR) is 77.8 cm³/mol. The van der Waals surface area contributed by atoms with Crippen LogP contribution < -0.4 is 10.5 Å². The Morgan fingerprint density at radius 2 is 2.25 bits per heavy atom. The quantitative estimate of drug-likeness (QED) is 0.931. The molecular formula is C15H20N4O. The monoisotopic (exact) mass is 272 g/mol. The van der Waals surface area contributed by atoms with Crippen LogP contribution in [0.15, 0.2) is 18.2 Å². The first-order valence-corrected chi connectivity index (χ1v) is 6.99. The SMILES string of the molecule is Cc1ccc2c(c1)CC(Cn1nnc(N)c1C(C)C)O2. The molecule has 2 heterocycles. The first-order chi connectivity index (χ1) is 9.54. The van der Waals surface area contributed by atoms with Gasteiger partial charge in [-0.15, -0.1) is 5.10 Å². The Kier molecular flexibility index (Phi) is 3.12. The lowest BCUT2D eigenvalue weighted by Gasteiger charge is -2.14. The van der Waals surface area contributed by atoms with Gasteiger partial charge in [0.05, 0.1) is 12.2 Å². The molecule has 2 aromatic rings. The molecule has 1 aliphatic heterocycles. The third-order valence-electron chi connectivity index (χ3n) is 3.68. The number of aromatic nitrogens is 3. The van der Waals surface area contributed by atoms with E-state index in [4.69, 9.17) is 10.5 Å². The third-order valence-corrected chi connectivity index (χ3v) is 3.68. The lowest BCUT2D eigenvalue weighted by molar-refractivity contribution is 0.200. The molecule has 0 amide bonds. The summed E-state index contributed by atoms with van der Waals surface area (Å²) in [6, 6.07) is 6.31. The molecule has 0 bridgehead atoms. The van der Waals surface area contributed by atoms with Crippen LogP contribution in [0, 0.1) is 6.92 Å². The molecule has 0 radical (unpaired) electrons. The molecule has 0 saturated heterocycles. The van der Waals surface area contributed by atoms with Gasteiger partial charge in [-0.3, -0.25) is 0 Å². The molecule has 0 aliphatic carbocycles. The number of nitrogens with two attached hydrogens (primary N) is 1. The molecule has 0 spiro atoms. The Bertz CT molecular complexity index is 633. The average Bonchev–Trinajstić information content (AvgIpc) is 2.92. The number of aryl methyl sites for hydroxylation is 1. The molecule has 5 heteroatoms. The average molecular weight is 272 g/mol. The van der Waals surface area contributed by atoms with Crippen LogP contribution in [-0.4, -0.2) is 21.1 Å². The Labute approximate surface area is 118 Å². The number of ether oxygens (including phenoxy) is 1. The van der Waals surface area contributed by atoms with E-state index in [9.17, 15) is 0 Å². The number of fused-ring (bicyclic) bond motifs is 1. The largest absolute Gasteiger partial charge is 0.488 e. The molecule has 20 heavy (non-hydrogen) atoms. The zero-order valence-corrected chi connectivity index (χ0v) is 12.1. The molecule has 2 N–H and O–H groups in total. The van der Waals surface area contributed by atoms with E-state index in [1.54, 1.807) is 0 Å². The first-order valence-electron chi connectivity index (χ1n) is 6.99. The highest BCUT2D eigenvalue weighted by molar-refractivity contribution is 5.40. The fraction of sp³-hybridized carbons (Fsp3) is 0.467. The molecule has 1 aromatic heterocycles. The molecule has 1 aromatic carbocycles. The van der Waals surface area contributed by atoms with Crippen LogP contribution in [0.5, 0.6) is 5.75 Å². The van der Waals surface area contributed by atoms with Gasteiger partial charge >= 0.3 is 0 Å². The van der Waals surface area contributed by atoms with Crippen LogP contribution in [0.1, 0.15) is 36.6 Å². The Balaban J connectivity index is 1.78. The lowest BCUT2D eigenvalue weighted by Crippen LogP contribution is -2.23. The molecule has 0 saturated carbocycles. The minimum absolute atomic E-state index is 0.102. The summed E-state index contributed by atoms with van der Waals surface area (Å²) >= 11 is 0. The maximum absolute atomic E-state index is 5.98. The van der Waals surface area contributed by atoms with E-state index in [-0.39, 0.29) is 6.10 Å². The highest BCUT2D eigenvalue weighted by Crippen LogP contribution is 2.30. The summed E-state index contributed by atoms with van der Waals surface area (Å²) in [4.78, 5) is 0.